The molecular weight excluding hydrogens is 271 g/mol. The fraction of sp³-hybridized carbons (Fsp3) is 0.500. The van der Waals surface area contributed by atoms with Gasteiger partial charge in [-0.15, -0.1) is 0 Å². The highest BCUT2D eigenvalue weighted by atomic mass is 32.2. The predicted molar refractivity (Wildman–Crippen MR) is 70.6 cm³/mol. The maximum absolute atomic E-state index is 13.3. The van der Waals surface area contributed by atoms with E-state index in [1.54, 1.807) is 6.92 Å². The first-order valence-electron chi connectivity index (χ1n) is 5.99. The molecule has 7 heteroatoms. The van der Waals surface area contributed by atoms with E-state index in [-0.39, 0.29) is 29.7 Å². The smallest absolute Gasteiger partial charge is 0.240 e. The van der Waals surface area contributed by atoms with E-state index in [1.165, 1.54) is 12.1 Å². The number of ether oxygens (including phenoxy) is 1. The number of hydrogen-bond donors (Lipinski definition) is 2. The summed E-state index contributed by atoms with van der Waals surface area (Å²) in [5.74, 6) is -0.510. The van der Waals surface area contributed by atoms with E-state index < -0.39 is 15.8 Å². The van der Waals surface area contributed by atoms with Gasteiger partial charge in [-0.25, -0.2) is 17.5 Å². The molecular formula is C12H19FN2O3S. The third-order valence-corrected chi connectivity index (χ3v) is 4.06. The highest BCUT2D eigenvalue weighted by molar-refractivity contribution is 7.89. The van der Waals surface area contributed by atoms with Gasteiger partial charge in [-0.05, 0) is 32.0 Å². The zero-order chi connectivity index (χ0) is 14.5. The minimum absolute atomic E-state index is 0.00213. The molecule has 0 aromatic heterocycles. The van der Waals surface area contributed by atoms with Gasteiger partial charge in [-0.2, -0.15) is 0 Å². The quantitative estimate of drug-likeness (QED) is 0.784. The topological polar surface area (TPSA) is 81.4 Å². The fourth-order valence-electron chi connectivity index (χ4n) is 1.54. The van der Waals surface area contributed by atoms with Crippen LogP contribution in [0.4, 0.5) is 4.39 Å². The monoisotopic (exact) mass is 290 g/mol. The van der Waals surface area contributed by atoms with Crippen molar-refractivity contribution in [2.75, 3.05) is 13.2 Å². The molecule has 0 aliphatic carbocycles. The van der Waals surface area contributed by atoms with Crippen molar-refractivity contribution in [1.82, 2.24) is 4.72 Å². The average Bonchev–Trinajstić information content (AvgIpc) is 2.36. The zero-order valence-electron chi connectivity index (χ0n) is 11.0. The van der Waals surface area contributed by atoms with Crippen molar-refractivity contribution in [3.05, 3.63) is 29.6 Å². The summed E-state index contributed by atoms with van der Waals surface area (Å²) >= 11 is 0. The van der Waals surface area contributed by atoms with Crippen LogP contribution in [0.3, 0.4) is 0 Å². The molecule has 0 amide bonds. The Hall–Kier alpha value is -1.02. The predicted octanol–water partition coefficient (Wildman–Crippen LogP) is 0.988. The van der Waals surface area contributed by atoms with Gasteiger partial charge >= 0.3 is 0 Å². The molecule has 3 N–H and O–H groups in total. The van der Waals surface area contributed by atoms with Crippen molar-refractivity contribution >= 4 is 10.0 Å². The Labute approximate surface area is 113 Å². The molecule has 1 rings (SSSR count). The van der Waals surface area contributed by atoms with Gasteiger partial charge in [0.15, 0.2) is 0 Å². The molecule has 1 aromatic rings. The largest absolute Gasteiger partial charge is 0.380 e. The van der Waals surface area contributed by atoms with E-state index in [1.807, 2.05) is 6.92 Å². The van der Waals surface area contributed by atoms with Gasteiger partial charge in [0, 0.05) is 24.8 Å². The number of nitrogens with one attached hydrogen (secondary N) is 1. The van der Waals surface area contributed by atoms with Crippen LogP contribution >= 0.6 is 0 Å². The third-order valence-electron chi connectivity index (χ3n) is 2.48. The van der Waals surface area contributed by atoms with Crippen LogP contribution in [-0.4, -0.2) is 27.7 Å². The molecule has 0 saturated carbocycles. The Morgan fingerprint density at radius 1 is 1.47 bits per heavy atom. The van der Waals surface area contributed by atoms with Crippen LogP contribution in [0.5, 0.6) is 0 Å². The van der Waals surface area contributed by atoms with Gasteiger partial charge in [0.05, 0.1) is 11.5 Å². The lowest BCUT2D eigenvalue weighted by atomic mass is 10.2. The number of halogens is 1. The number of nitrogens with two attached hydrogens (primary N) is 1. The van der Waals surface area contributed by atoms with Gasteiger partial charge in [0.1, 0.15) is 5.82 Å². The molecule has 0 saturated heterocycles. The number of sulfonamides is 1. The lowest BCUT2D eigenvalue weighted by molar-refractivity contribution is 0.133. The molecule has 0 bridgehead atoms. The molecule has 1 atom stereocenters. The second kappa shape index (κ2) is 6.95. The first kappa shape index (κ1) is 16.0. The molecule has 1 aromatic carbocycles. The van der Waals surface area contributed by atoms with Crippen LogP contribution in [0.1, 0.15) is 19.4 Å². The van der Waals surface area contributed by atoms with E-state index >= 15 is 0 Å². The normalized spacial score (nSPS) is 13.5. The Kier molecular flexibility index (Phi) is 5.86. The molecule has 0 spiro atoms. The van der Waals surface area contributed by atoms with Gasteiger partial charge in [0.2, 0.25) is 10.0 Å². The molecule has 5 nitrogen and oxygen atoms in total. The van der Waals surface area contributed by atoms with Gasteiger partial charge < -0.3 is 10.5 Å². The summed E-state index contributed by atoms with van der Waals surface area (Å²) in [6.07, 6.45) is 0. The Morgan fingerprint density at radius 3 is 2.74 bits per heavy atom. The lowest BCUT2D eigenvalue weighted by Crippen LogP contribution is -2.36. The SMILES string of the molecule is CCOCC(C)NS(=O)(=O)c1ccc(F)c(CN)c1. The maximum Gasteiger partial charge on any atom is 0.240 e. The van der Waals surface area contributed by atoms with Crippen LogP contribution in [0, 0.1) is 5.82 Å². The average molecular weight is 290 g/mol. The summed E-state index contributed by atoms with van der Waals surface area (Å²) in [5, 5.41) is 0. The molecule has 0 radical (unpaired) electrons. The minimum atomic E-state index is -3.69. The molecule has 0 fully saturated rings. The van der Waals surface area contributed by atoms with E-state index in [9.17, 15) is 12.8 Å². The second-order valence-corrected chi connectivity index (χ2v) is 5.85. The summed E-state index contributed by atoms with van der Waals surface area (Å²) < 4.78 is 45.0. The first-order valence-corrected chi connectivity index (χ1v) is 7.47. The highest BCUT2D eigenvalue weighted by Gasteiger charge is 2.18. The van der Waals surface area contributed by atoms with Crippen molar-refractivity contribution in [2.45, 2.75) is 31.3 Å². The van der Waals surface area contributed by atoms with Crippen molar-refractivity contribution < 1.29 is 17.5 Å². The number of benzene rings is 1. The fourth-order valence-corrected chi connectivity index (χ4v) is 2.81. The summed E-state index contributed by atoms with van der Waals surface area (Å²) in [6, 6.07) is 3.19. The van der Waals surface area contributed by atoms with Crippen LogP contribution in [-0.2, 0) is 21.3 Å². The Balaban J connectivity index is 2.88. The first-order chi connectivity index (χ1) is 8.90. The molecule has 0 heterocycles. The lowest BCUT2D eigenvalue weighted by Gasteiger charge is -2.14. The van der Waals surface area contributed by atoms with Crippen molar-refractivity contribution in [3.63, 3.8) is 0 Å². The summed E-state index contributed by atoms with van der Waals surface area (Å²) in [5.41, 5.74) is 5.52. The second-order valence-electron chi connectivity index (χ2n) is 4.14. The van der Waals surface area contributed by atoms with Crippen molar-refractivity contribution in [2.24, 2.45) is 5.73 Å². The van der Waals surface area contributed by atoms with E-state index in [4.69, 9.17) is 10.5 Å². The third kappa shape index (κ3) is 4.54. The molecule has 1 unspecified atom stereocenters. The van der Waals surface area contributed by atoms with Crippen LogP contribution in [0.25, 0.3) is 0 Å². The minimum Gasteiger partial charge on any atom is -0.380 e. The van der Waals surface area contributed by atoms with Crippen molar-refractivity contribution in [1.29, 1.82) is 0 Å². The van der Waals surface area contributed by atoms with Gasteiger partial charge in [-0.1, -0.05) is 0 Å². The Bertz CT molecular complexity index is 520. The summed E-state index contributed by atoms with van der Waals surface area (Å²) in [4.78, 5) is -0.00213. The summed E-state index contributed by atoms with van der Waals surface area (Å²) in [6.45, 7) is 4.26. The standard InChI is InChI=1S/C12H19FN2O3S/c1-3-18-8-9(2)15-19(16,17)11-4-5-12(13)10(6-11)7-14/h4-6,9,15H,3,7-8,14H2,1-2H3. The van der Waals surface area contributed by atoms with Crippen molar-refractivity contribution in [3.8, 4) is 0 Å². The van der Waals surface area contributed by atoms with Crippen LogP contribution in [0.2, 0.25) is 0 Å². The summed E-state index contributed by atoms with van der Waals surface area (Å²) in [7, 11) is -3.69. The van der Waals surface area contributed by atoms with Crippen LogP contribution in [0.15, 0.2) is 23.1 Å². The van der Waals surface area contributed by atoms with E-state index in [0.29, 0.717) is 6.61 Å². The number of hydrogen-bond acceptors (Lipinski definition) is 4. The van der Waals surface area contributed by atoms with Crippen LogP contribution < -0.4 is 10.5 Å². The molecule has 0 aliphatic heterocycles. The molecule has 0 aliphatic rings. The zero-order valence-corrected chi connectivity index (χ0v) is 11.8. The van der Waals surface area contributed by atoms with Gasteiger partial charge in [-0.3, -0.25) is 0 Å². The van der Waals surface area contributed by atoms with Gasteiger partial charge in [0.25, 0.3) is 0 Å². The van der Waals surface area contributed by atoms with E-state index in [2.05, 4.69) is 4.72 Å². The number of rotatable bonds is 7. The highest BCUT2D eigenvalue weighted by Crippen LogP contribution is 2.15. The molecule has 19 heavy (non-hydrogen) atoms. The molecule has 108 valence electrons. The van der Waals surface area contributed by atoms with E-state index in [0.717, 1.165) is 6.07 Å². The Morgan fingerprint density at radius 2 is 2.16 bits per heavy atom. The maximum atomic E-state index is 13.3.